The molecule has 0 fully saturated rings. The van der Waals surface area contributed by atoms with Crippen molar-refractivity contribution < 1.29 is 0 Å². The van der Waals surface area contributed by atoms with E-state index in [1.165, 1.54) is 29.4 Å². The van der Waals surface area contributed by atoms with E-state index < -0.39 is 0 Å². The Bertz CT molecular complexity index is 706. The van der Waals surface area contributed by atoms with E-state index in [9.17, 15) is 0 Å². The number of thioether (sulfide) groups is 4. The van der Waals surface area contributed by atoms with Gasteiger partial charge in [0.15, 0.2) is 0 Å². The minimum absolute atomic E-state index is 1.31. The summed E-state index contributed by atoms with van der Waals surface area (Å²) >= 11 is 7.46. The largest absolute Gasteiger partial charge is 0.0878 e. The molecule has 2 aliphatic heterocycles. The van der Waals surface area contributed by atoms with Crippen LogP contribution in [-0.2, 0) is 0 Å². The number of benzene rings is 2. The predicted molar refractivity (Wildman–Crippen MR) is 106 cm³/mol. The Kier molecular flexibility index (Phi) is 4.44. The van der Waals surface area contributed by atoms with Crippen LogP contribution in [0.15, 0.2) is 80.0 Å². The molecular formula is C18H12S4. The lowest BCUT2D eigenvalue weighted by Crippen LogP contribution is -1.76. The van der Waals surface area contributed by atoms with Crippen LogP contribution in [0.25, 0.3) is 9.81 Å². The molecule has 108 valence electrons. The van der Waals surface area contributed by atoms with Crippen LogP contribution < -0.4 is 0 Å². The van der Waals surface area contributed by atoms with Gasteiger partial charge in [0.25, 0.3) is 0 Å². The van der Waals surface area contributed by atoms with E-state index in [0.29, 0.717) is 0 Å². The van der Waals surface area contributed by atoms with Crippen LogP contribution in [-0.4, -0.2) is 0 Å². The molecule has 0 aliphatic carbocycles. The fourth-order valence-corrected chi connectivity index (χ4v) is 7.08. The van der Waals surface area contributed by atoms with Crippen molar-refractivity contribution in [3.63, 3.8) is 0 Å². The quantitative estimate of drug-likeness (QED) is 0.564. The zero-order valence-electron chi connectivity index (χ0n) is 11.6. The van der Waals surface area contributed by atoms with Gasteiger partial charge >= 0.3 is 0 Å². The third-order valence-corrected chi connectivity index (χ3v) is 8.60. The van der Waals surface area contributed by atoms with Gasteiger partial charge in [0.1, 0.15) is 0 Å². The van der Waals surface area contributed by atoms with Gasteiger partial charge in [0, 0.05) is 9.81 Å². The molecule has 0 aromatic heterocycles. The molecule has 0 amide bonds. The van der Waals surface area contributed by atoms with Crippen LogP contribution in [0, 0.1) is 0 Å². The van der Waals surface area contributed by atoms with Crippen molar-refractivity contribution in [2.24, 2.45) is 0 Å². The van der Waals surface area contributed by atoms with E-state index >= 15 is 0 Å². The van der Waals surface area contributed by atoms with E-state index in [4.69, 9.17) is 0 Å². The number of hydrogen-bond donors (Lipinski definition) is 0. The molecule has 4 rings (SSSR count). The monoisotopic (exact) mass is 356 g/mol. The normalized spacial score (nSPS) is 20.9. The zero-order chi connectivity index (χ0) is 14.8. The second-order valence-corrected chi connectivity index (χ2v) is 9.09. The third-order valence-electron chi connectivity index (χ3n) is 3.23. The zero-order valence-corrected chi connectivity index (χ0v) is 14.8. The minimum atomic E-state index is 1.31. The third kappa shape index (κ3) is 3.06. The summed E-state index contributed by atoms with van der Waals surface area (Å²) in [6.07, 6.45) is 0. The van der Waals surface area contributed by atoms with Crippen molar-refractivity contribution in [1.29, 1.82) is 0 Å². The highest BCUT2D eigenvalue weighted by atomic mass is 32.2. The number of rotatable bonds is 2. The van der Waals surface area contributed by atoms with Crippen LogP contribution >= 0.6 is 47.0 Å². The van der Waals surface area contributed by atoms with Gasteiger partial charge in [0.2, 0.25) is 0 Å². The second-order valence-electron chi connectivity index (χ2n) is 4.71. The molecule has 22 heavy (non-hydrogen) atoms. The first-order valence-corrected chi connectivity index (χ1v) is 10.2. The Hall–Kier alpha value is -0.940. The van der Waals surface area contributed by atoms with E-state index in [1.807, 2.05) is 47.0 Å². The summed E-state index contributed by atoms with van der Waals surface area (Å²) < 4.78 is 2.80. The standard InChI is InChI=1S/C18H12S4/c1-3-7-13(8-4-1)15-11-19-17(21-15)18-20-12-16(22-18)14-9-5-2-6-10-14/h1-12H. The van der Waals surface area contributed by atoms with Crippen LogP contribution in [0.5, 0.6) is 0 Å². The highest BCUT2D eigenvalue weighted by Gasteiger charge is 2.22. The van der Waals surface area contributed by atoms with Gasteiger partial charge in [0.05, 0.1) is 8.47 Å². The molecule has 0 saturated heterocycles. The van der Waals surface area contributed by atoms with Crippen molar-refractivity contribution in [2.45, 2.75) is 0 Å². The van der Waals surface area contributed by atoms with Crippen molar-refractivity contribution in [3.05, 3.63) is 91.1 Å². The Balaban J connectivity index is 1.50. The summed E-state index contributed by atoms with van der Waals surface area (Å²) in [5.74, 6) is 0. The van der Waals surface area contributed by atoms with E-state index in [2.05, 4.69) is 71.5 Å². The molecule has 0 N–H and O–H groups in total. The highest BCUT2D eigenvalue weighted by Crippen LogP contribution is 2.58. The molecule has 0 atom stereocenters. The van der Waals surface area contributed by atoms with Crippen molar-refractivity contribution in [1.82, 2.24) is 0 Å². The highest BCUT2D eigenvalue weighted by molar-refractivity contribution is 8.36. The summed E-state index contributed by atoms with van der Waals surface area (Å²) in [6.45, 7) is 0. The Morgan fingerprint density at radius 3 is 1.32 bits per heavy atom. The lowest BCUT2D eigenvalue weighted by Gasteiger charge is -2.04. The van der Waals surface area contributed by atoms with Gasteiger partial charge < -0.3 is 0 Å². The maximum Gasteiger partial charge on any atom is 0.0700 e. The van der Waals surface area contributed by atoms with Gasteiger partial charge in [-0.15, -0.1) is 0 Å². The first-order chi connectivity index (χ1) is 10.9. The average molecular weight is 357 g/mol. The summed E-state index contributed by atoms with van der Waals surface area (Å²) in [6, 6.07) is 21.2. The maximum absolute atomic E-state index is 2.27. The summed E-state index contributed by atoms with van der Waals surface area (Å²) in [5, 5.41) is 4.54. The molecule has 0 nitrogen and oxygen atoms in total. The first kappa shape index (κ1) is 14.6. The van der Waals surface area contributed by atoms with E-state index in [1.54, 1.807) is 0 Å². The molecule has 0 unspecified atom stereocenters. The topological polar surface area (TPSA) is 0 Å². The Morgan fingerprint density at radius 2 is 0.909 bits per heavy atom. The van der Waals surface area contributed by atoms with Crippen molar-refractivity contribution >= 4 is 56.9 Å². The van der Waals surface area contributed by atoms with Gasteiger partial charge in [-0.05, 0) is 21.9 Å². The van der Waals surface area contributed by atoms with Crippen LogP contribution in [0.1, 0.15) is 11.1 Å². The summed E-state index contributed by atoms with van der Waals surface area (Å²) in [4.78, 5) is 2.70. The fraction of sp³-hybridized carbons (Fsp3) is 0. The van der Waals surface area contributed by atoms with Gasteiger partial charge in [-0.25, -0.2) is 0 Å². The molecule has 0 bridgehead atoms. The van der Waals surface area contributed by atoms with E-state index in [0.717, 1.165) is 0 Å². The lowest BCUT2D eigenvalue weighted by atomic mass is 10.2. The Morgan fingerprint density at radius 1 is 0.500 bits per heavy atom. The van der Waals surface area contributed by atoms with Crippen molar-refractivity contribution in [2.75, 3.05) is 0 Å². The molecule has 0 spiro atoms. The second kappa shape index (κ2) is 6.67. The van der Waals surface area contributed by atoms with Gasteiger partial charge in [-0.1, -0.05) is 108 Å². The fourth-order valence-electron chi connectivity index (χ4n) is 2.15. The molecule has 0 saturated carbocycles. The summed E-state index contributed by atoms with van der Waals surface area (Å²) in [5.41, 5.74) is 2.61. The van der Waals surface area contributed by atoms with Gasteiger partial charge in [-0.2, -0.15) is 0 Å². The molecule has 2 aromatic carbocycles. The molecule has 2 heterocycles. The predicted octanol–water partition coefficient (Wildman–Crippen LogP) is 7.07. The lowest BCUT2D eigenvalue weighted by molar-refractivity contribution is 1.66. The molecule has 2 aliphatic rings. The van der Waals surface area contributed by atoms with Crippen LogP contribution in [0.3, 0.4) is 0 Å². The van der Waals surface area contributed by atoms with E-state index in [-0.39, 0.29) is 0 Å². The molecular weight excluding hydrogens is 344 g/mol. The smallest absolute Gasteiger partial charge is 0.0700 e. The first-order valence-electron chi connectivity index (χ1n) is 6.84. The summed E-state index contributed by atoms with van der Waals surface area (Å²) in [7, 11) is 0. The van der Waals surface area contributed by atoms with Gasteiger partial charge in [-0.3, -0.25) is 0 Å². The molecule has 4 heteroatoms. The van der Waals surface area contributed by atoms with Crippen molar-refractivity contribution in [3.8, 4) is 0 Å². The molecule has 0 radical (unpaired) electrons. The maximum atomic E-state index is 2.27. The average Bonchev–Trinajstić information content (AvgIpc) is 3.26. The molecule has 2 aromatic rings. The SMILES string of the molecule is C1=C(c2ccccc2)SC(=C2SC=C(c3ccccc3)S2)S1. The minimum Gasteiger partial charge on any atom is -0.0878 e. The Labute approximate surface area is 147 Å². The van der Waals surface area contributed by atoms with Crippen LogP contribution in [0.4, 0.5) is 0 Å². The van der Waals surface area contributed by atoms with Crippen LogP contribution in [0.2, 0.25) is 0 Å². The number of hydrogen-bond acceptors (Lipinski definition) is 4.